The van der Waals surface area contributed by atoms with E-state index in [9.17, 15) is 13.2 Å². The third kappa shape index (κ3) is 2.90. The summed E-state index contributed by atoms with van der Waals surface area (Å²) >= 11 is 6.72. The molecule has 9 heteroatoms. The molecule has 22 heavy (non-hydrogen) atoms. The zero-order valence-corrected chi connectivity index (χ0v) is 13.7. The molecular weight excluding hydrogens is 348 g/mol. The fourth-order valence-electron chi connectivity index (χ4n) is 1.92. The van der Waals surface area contributed by atoms with Crippen molar-refractivity contribution in [3.63, 3.8) is 0 Å². The Morgan fingerprint density at radius 3 is 2.77 bits per heavy atom. The largest absolute Gasteiger partial charge is 0.479 e. The molecule has 3 rings (SSSR count). The molecule has 0 saturated carbocycles. The second-order valence-corrected chi connectivity index (χ2v) is 8.25. The molecule has 2 heterocycles. The van der Waals surface area contributed by atoms with Crippen LogP contribution in [0, 0.1) is 0 Å². The van der Waals surface area contributed by atoms with E-state index in [1.54, 1.807) is 19.1 Å². The summed E-state index contributed by atoms with van der Waals surface area (Å²) in [4.78, 5) is 11.6. The summed E-state index contributed by atoms with van der Waals surface area (Å²) in [5, 5.41) is 2.66. The van der Waals surface area contributed by atoms with Gasteiger partial charge in [0.25, 0.3) is 15.9 Å². The number of halogens is 1. The van der Waals surface area contributed by atoms with Gasteiger partial charge in [-0.05, 0) is 37.3 Å². The van der Waals surface area contributed by atoms with Crippen LogP contribution in [-0.4, -0.2) is 20.4 Å². The zero-order chi connectivity index (χ0) is 15.9. The van der Waals surface area contributed by atoms with E-state index in [4.69, 9.17) is 16.3 Å². The van der Waals surface area contributed by atoms with Gasteiger partial charge in [0.2, 0.25) is 0 Å². The molecule has 0 unspecified atom stereocenters. The number of benzene rings is 1. The molecule has 0 radical (unpaired) electrons. The summed E-state index contributed by atoms with van der Waals surface area (Å²) in [7, 11) is -3.71. The fourth-order valence-corrected chi connectivity index (χ4v) is 4.45. The van der Waals surface area contributed by atoms with Gasteiger partial charge in [0, 0.05) is 0 Å². The Labute approximate surface area is 136 Å². The van der Waals surface area contributed by atoms with E-state index in [2.05, 4.69) is 10.0 Å². The van der Waals surface area contributed by atoms with Gasteiger partial charge in [0.15, 0.2) is 6.10 Å². The van der Waals surface area contributed by atoms with Crippen molar-refractivity contribution in [1.29, 1.82) is 0 Å². The maximum absolute atomic E-state index is 12.2. The lowest BCUT2D eigenvalue weighted by molar-refractivity contribution is -0.122. The van der Waals surface area contributed by atoms with Crippen molar-refractivity contribution in [2.75, 3.05) is 10.0 Å². The summed E-state index contributed by atoms with van der Waals surface area (Å²) in [6.45, 7) is 1.63. The third-order valence-electron chi connectivity index (χ3n) is 2.98. The predicted molar refractivity (Wildman–Crippen MR) is 85.3 cm³/mol. The van der Waals surface area contributed by atoms with Gasteiger partial charge < -0.3 is 10.1 Å². The van der Waals surface area contributed by atoms with Gasteiger partial charge in [-0.25, -0.2) is 8.42 Å². The average Bonchev–Trinajstić information content (AvgIpc) is 2.88. The van der Waals surface area contributed by atoms with Crippen LogP contribution in [0.5, 0.6) is 5.75 Å². The molecule has 1 aromatic heterocycles. The van der Waals surface area contributed by atoms with Crippen molar-refractivity contribution in [2.24, 2.45) is 0 Å². The standard InChI is InChI=1S/C13H11ClN2O4S2/c1-7-13(17)15-9-6-8(2-3-10(9)20-7)16-22(18,19)12-5-4-11(14)21-12/h2-7,16H,1H3,(H,15,17)/t7-/m0/s1. The van der Waals surface area contributed by atoms with Crippen LogP contribution in [-0.2, 0) is 14.8 Å². The number of fused-ring (bicyclic) bond motifs is 1. The van der Waals surface area contributed by atoms with Crippen molar-refractivity contribution < 1.29 is 17.9 Å². The molecule has 2 N–H and O–H groups in total. The van der Waals surface area contributed by atoms with Crippen LogP contribution in [0.25, 0.3) is 0 Å². The molecule has 1 aliphatic rings. The molecule has 6 nitrogen and oxygen atoms in total. The Morgan fingerprint density at radius 2 is 2.09 bits per heavy atom. The van der Waals surface area contributed by atoms with E-state index >= 15 is 0 Å². The Hall–Kier alpha value is -1.77. The van der Waals surface area contributed by atoms with Crippen LogP contribution in [0.4, 0.5) is 11.4 Å². The second-order valence-electron chi connectivity index (χ2n) is 4.62. The number of sulfonamides is 1. The van der Waals surface area contributed by atoms with Crippen molar-refractivity contribution in [2.45, 2.75) is 17.2 Å². The van der Waals surface area contributed by atoms with Gasteiger partial charge in [-0.1, -0.05) is 11.6 Å². The van der Waals surface area contributed by atoms with Gasteiger partial charge in [0.05, 0.1) is 15.7 Å². The molecule has 0 saturated heterocycles. The van der Waals surface area contributed by atoms with Crippen LogP contribution in [0.3, 0.4) is 0 Å². The summed E-state index contributed by atoms with van der Waals surface area (Å²) < 4.78 is 32.8. The fraction of sp³-hybridized carbons (Fsp3) is 0.154. The molecule has 1 aromatic carbocycles. The summed E-state index contributed by atoms with van der Waals surface area (Å²) in [6, 6.07) is 7.62. The van der Waals surface area contributed by atoms with Crippen molar-refractivity contribution in [3.05, 3.63) is 34.7 Å². The first kappa shape index (κ1) is 15.1. The number of carbonyl (C=O) groups excluding carboxylic acids is 1. The number of nitrogens with one attached hydrogen (secondary N) is 2. The number of anilines is 2. The lowest BCUT2D eigenvalue weighted by Gasteiger charge is -2.23. The summed E-state index contributed by atoms with van der Waals surface area (Å²) in [6.07, 6.45) is -0.580. The van der Waals surface area contributed by atoms with Gasteiger partial charge in [0.1, 0.15) is 9.96 Å². The molecule has 0 aliphatic carbocycles. The quantitative estimate of drug-likeness (QED) is 0.883. The predicted octanol–water partition coefficient (Wildman–Crippen LogP) is 2.92. The van der Waals surface area contributed by atoms with Crippen molar-refractivity contribution in [1.82, 2.24) is 0 Å². The smallest absolute Gasteiger partial charge is 0.271 e. The minimum Gasteiger partial charge on any atom is -0.479 e. The van der Waals surface area contributed by atoms with E-state index in [0.717, 1.165) is 11.3 Å². The Morgan fingerprint density at radius 1 is 1.32 bits per heavy atom. The molecule has 2 aromatic rings. The number of hydrogen-bond donors (Lipinski definition) is 2. The van der Waals surface area contributed by atoms with Crippen LogP contribution in [0.1, 0.15) is 6.92 Å². The van der Waals surface area contributed by atoms with Crippen LogP contribution >= 0.6 is 22.9 Å². The Bertz CT molecular complexity index is 847. The number of carbonyl (C=O) groups is 1. The first-order chi connectivity index (χ1) is 10.3. The minimum atomic E-state index is -3.71. The molecule has 1 amide bonds. The average molecular weight is 359 g/mol. The van der Waals surface area contributed by atoms with E-state index in [1.807, 2.05) is 0 Å². The Balaban J connectivity index is 1.88. The number of amides is 1. The lowest BCUT2D eigenvalue weighted by Crippen LogP contribution is -2.34. The van der Waals surface area contributed by atoms with Crippen molar-refractivity contribution in [3.8, 4) is 5.75 Å². The van der Waals surface area contributed by atoms with E-state index in [1.165, 1.54) is 18.2 Å². The Kier molecular flexibility index (Phi) is 3.75. The molecule has 1 atom stereocenters. The van der Waals surface area contributed by atoms with E-state index < -0.39 is 16.1 Å². The molecule has 0 spiro atoms. The third-order valence-corrected chi connectivity index (χ3v) is 6.08. The highest BCUT2D eigenvalue weighted by Crippen LogP contribution is 2.33. The number of rotatable bonds is 3. The summed E-state index contributed by atoms with van der Waals surface area (Å²) in [5.41, 5.74) is 0.745. The van der Waals surface area contributed by atoms with Gasteiger partial charge in [-0.2, -0.15) is 0 Å². The van der Waals surface area contributed by atoms with Crippen LogP contribution < -0.4 is 14.8 Å². The van der Waals surface area contributed by atoms with Crippen LogP contribution in [0.15, 0.2) is 34.5 Å². The zero-order valence-electron chi connectivity index (χ0n) is 11.3. The van der Waals surface area contributed by atoms with E-state index in [-0.39, 0.29) is 10.1 Å². The monoisotopic (exact) mass is 358 g/mol. The second kappa shape index (κ2) is 5.45. The number of ether oxygens (including phenoxy) is 1. The highest BCUT2D eigenvalue weighted by molar-refractivity contribution is 7.94. The van der Waals surface area contributed by atoms with Gasteiger partial charge in [-0.15, -0.1) is 11.3 Å². The number of hydrogen-bond acceptors (Lipinski definition) is 5. The topological polar surface area (TPSA) is 84.5 Å². The SMILES string of the molecule is C[C@@H]1Oc2ccc(NS(=O)(=O)c3ccc(Cl)s3)cc2NC1=O. The highest BCUT2D eigenvalue weighted by atomic mass is 35.5. The normalized spacial score (nSPS) is 17.4. The molecule has 116 valence electrons. The first-order valence-corrected chi connectivity index (χ1v) is 8.93. The minimum absolute atomic E-state index is 0.115. The maximum Gasteiger partial charge on any atom is 0.271 e. The van der Waals surface area contributed by atoms with E-state index in [0.29, 0.717) is 21.5 Å². The molecule has 0 fully saturated rings. The highest BCUT2D eigenvalue weighted by Gasteiger charge is 2.24. The summed E-state index contributed by atoms with van der Waals surface area (Å²) in [5.74, 6) is 0.215. The molecule has 1 aliphatic heterocycles. The van der Waals surface area contributed by atoms with Gasteiger partial charge in [-0.3, -0.25) is 9.52 Å². The maximum atomic E-state index is 12.2. The van der Waals surface area contributed by atoms with Gasteiger partial charge >= 0.3 is 0 Å². The first-order valence-electron chi connectivity index (χ1n) is 6.25. The van der Waals surface area contributed by atoms with Crippen LogP contribution in [0.2, 0.25) is 4.34 Å². The van der Waals surface area contributed by atoms with Crippen molar-refractivity contribution >= 4 is 50.2 Å². The number of thiophene rings is 1. The lowest BCUT2D eigenvalue weighted by atomic mass is 10.2. The molecule has 0 bridgehead atoms. The molecular formula is C13H11ClN2O4S2.